The van der Waals surface area contributed by atoms with Crippen molar-refractivity contribution in [1.29, 1.82) is 0 Å². The van der Waals surface area contributed by atoms with Crippen LogP contribution in [0.15, 0.2) is 0 Å². The van der Waals surface area contributed by atoms with Crippen molar-refractivity contribution in [3.8, 4) is 0 Å². The van der Waals surface area contributed by atoms with Crippen molar-refractivity contribution in [2.24, 2.45) is 0 Å². The molecule has 42 valence electrons. The van der Waals surface area contributed by atoms with E-state index in [1.807, 2.05) is 13.2 Å². The maximum absolute atomic E-state index is 9.76. The molecule has 0 N–H and O–H groups in total. The lowest BCUT2D eigenvalue weighted by molar-refractivity contribution is -0.107. The Labute approximate surface area is 48.5 Å². The number of rotatable bonds is 3. The van der Waals surface area contributed by atoms with Gasteiger partial charge in [-0.2, -0.15) is 11.8 Å². The van der Waals surface area contributed by atoms with Crippen LogP contribution in [0.2, 0.25) is 0 Å². The second-order valence-electron chi connectivity index (χ2n) is 1.45. The molecule has 0 unspecified atom stereocenters. The Morgan fingerprint density at radius 2 is 2.43 bits per heavy atom. The van der Waals surface area contributed by atoms with Crippen molar-refractivity contribution < 1.29 is 4.79 Å². The fraction of sp³-hybridized carbons (Fsp3) is 0.800. The molecule has 0 saturated heterocycles. The summed E-state index contributed by atoms with van der Waals surface area (Å²) < 4.78 is 0. The molecular weight excluding hydrogens is 108 g/mol. The Morgan fingerprint density at radius 1 is 1.86 bits per heavy atom. The van der Waals surface area contributed by atoms with E-state index in [2.05, 4.69) is 0 Å². The van der Waals surface area contributed by atoms with Gasteiger partial charge < -0.3 is 4.79 Å². The molecule has 0 saturated carbocycles. The summed E-state index contributed by atoms with van der Waals surface area (Å²) in [7, 11) is 0. The number of thioether (sulfide) groups is 1. The van der Waals surface area contributed by atoms with Crippen LogP contribution in [0.1, 0.15) is 13.3 Å². The van der Waals surface area contributed by atoms with Crippen LogP contribution in [0.4, 0.5) is 0 Å². The summed E-state index contributed by atoms with van der Waals surface area (Å²) in [5.41, 5.74) is 0. The maximum atomic E-state index is 9.76. The Balaban J connectivity index is 2.98. The Hall–Kier alpha value is 0.0200. The number of carbonyl (C=O) groups excluding carboxylic acids is 1. The number of aldehydes is 1. The van der Waals surface area contributed by atoms with E-state index >= 15 is 0 Å². The van der Waals surface area contributed by atoms with Crippen molar-refractivity contribution in [2.75, 3.05) is 6.26 Å². The quantitative estimate of drug-likeness (QED) is 0.520. The van der Waals surface area contributed by atoms with Crippen LogP contribution >= 0.6 is 11.8 Å². The van der Waals surface area contributed by atoms with Gasteiger partial charge in [0.25, 0.3) is 0 Å². The first kappa shape index (κ1) is 7.02. The highest BCUT2D eigenvalue weighted by atomic mass is 32.2. The van der Waals surface area contributed by atoms with Crippen LogP contribution in [0.25, 0.3) is 0 Å². The molecule has 0 spiro atoms. The second kappa shape index (κ2) is 4.19. The fourth-order valence-electron chi connectivity index (χ4n) is 0.232. The highest BCUT2D eigenvalue weighted by Crippen LogP contribution is 2.06. The highest BCUT2D eigenvalue weighted by molar-refractivity contribution is 7.99. The minimum atomic E-state index is 0.498. The molecule has 0 rings (SSSR count). The molecule has 0 aliphatic carbocycles. The first-order chi connectivity index (χ1) is 3.31. The molecule has 0 aromatic carbocycles. The van der Waals surface area contributed by atoms with Crippen molar-refractivity contribution in [2.45, 2.75) is 18.6 Å². The van der Waals surface area contributed by atoms with Gasteiger partial charge in [-0.1, -0.05) is 6.92 Å². The predicted molar refractivity (Wildman–Crippen MR) is 33.7 cm³/mol. The van der Waals surface area contributed by atoms with E-state index in [1.54, 1.807) is 11.8 Å². The van der Waals surface area contributed by atoms with Crippen molar-refractivity contribution in [3.63, 3.8) is 0 Å². The molecule has 0 fully saturated rings. The van der Waals surface area contributed by atoms with Gasteiger partial charge in [-0.05, 0) is 6.26 Å². The molecule has 0 aromatic heterocycles. The van der Waals surface area contributed by atoms with Gasteiger partial charge in [0.2, 0.25) is 0 Å². The standard InChI is InChI=1S/C5H10OS/c1-5(7-2)3-4-6/h4-5H,3H2,1-2H3/t5-/m0/s1. The first-order valence-corrected chi connectivity index (χ1v) is 3.56. The molecule has 0 amide bonds. The molecule has 0 bridgehead atoms. The molecule has 0 heterocycles. The zero-order valence-corrected chi connectivity index (χ0v) is 5.49. The molecule has 0 aromatic rings. The van der Waals surface area contributed by atoms with Crippen LogP contribution in [0.3, 0.4) is 0 Å². The average Bonchev–Trinajstić information content (AvgIpc) is 1.68. The minimum absolute atomic E-state index is 0.498. The van der Waals surface area contributed by atoms with E-state index in [9.17, 15) is 4.79 Å². The van der Waals surface area contributed by atoms with E-state index in [0.29, 0.717) is 11.7 Å². The van der Waals surface area contributed by atoms with Gasteiger partial charge in [0.1, 0.15) is 6.29 Å². The van der Waals surface area contributed by atoms with Gasteiger partial charge >= 0.3 is 0 Å². The van der Waals surface area contributed by atoms with Crippen LogP contribution in [-0.2, 0) is 4.79 Å². The van der Waals surface area contributed by atoms with Crippen molar-refractivity contribution >= 4 is 18.0 Å². The monoisotopic (exact) mass is 118 g/mol. The van der Waals surface area contributed by atoms with Crippen molar-refractivity contribution in [1.82, 2.24) is 0 Å². The topological polar surface area (TPSA) is 17.1 Å². The second-order valence-corrected chi connectivity index (χ2v) is 2.72. The molecule has 0 radical (unpaired) electrons. The van der Waals surface area contributed by atoms with Crippen LogP contribution < -0.4 is 0 Å². The van der Waals surface area contributed by atoms with Gasteiger partial charge in [-0.25, -0.2) is 0 Å². The van der Waals surface area contributed by atoms with Gasteiger partial charge in [-0.3, -0.25) is 0 Å². The van der Waals surface area contributed by atoms with Gasteiger partial charge in [0.05, 0.1) is 0 Å². The molecule has 0 aliphatic heterocycles. The smallest absolute Gasteiger partial charge is 0.121 e. The fourth-order valence-corrected chi connectivity index (χ4v) is 0.503. The first-order valence-electron chi connectivity index (χ1n) is 2.27. The summed E-state index contributed by atoms with van der Waals surface area (Å²) in [4.78, 5) is 9.76. The summed E-state index contributed by atoms with van der Waals surface area (Å²) >= 11 is 1.72. The third kappa shape index (κ3) is 3.86. The summed E-state index contributed by atoms with van der Waals surface area (Å²) in [5.74, 6) is 0. The van der Waals surface area contributed by atoms with Gasteiger partial charge in [0.15, 0.2) is 0 Å². The van der Waals surface area contributed by atoms with Crippen molar-refractivity contribution in [3.05, 3.63) is 0 Å². The molecule has 1 atom stereocenters. The number of carbonyl (C=O) groups is 1. The summed E-state index contributed by atoms with van der Waals surface area (Å²) in [5, 5.41) is 0.498. The van der Waals surface area contributed by atoms with E-state index in [-0.39, 0.29) is 0 Å². The SMILES string of the molecule is CS[C@@H](C)CC=O. The lowest BCUT2D eigenvalue weighted by Gasteiger charge is -1.98. The molecular formula is C5H10OS. The Bertz CT molecular complexity index is 54.0. The Morgan fingerprint density at radius 3 is 2.57 bits per heavy atom. The van der Waals surface area contributed by atoms with Gasteiger partial charge in [-0.15, -0.1) is 0 Å². The number of hydrogen-bond acceptors (Lipinski definition) is 2. The average molecular weight is 118 g/mol. The predicted octanol–water partition coefficient (Wildman–Crippen LogP) is 1.33. The van der Waals surface area contributed by atoms with Crippen LogP contribution in [0, 0.1) is 0 Å². The summed E-state index contributed by atoms with van der Waals surface area (Å²) in [6.45, 7) is 2.04. The molecule has 0 aliphatic rings. The molecule has 2 heteroatoms. The zero-order valence-electron chi connectivity index (χ0n) is 4.68. The summed E-state index contributed by atoms with van der Waals surface area (Å²) in [6.07, 6.45) is 3.65. The van der Waals surface area contributed by atoms with Gasteiger partial charge in [0, 0.05) is 11.7 Å². The number of hydrogen-bond donors (Lipinski definition) is 0. The third-order valence-corrected chi connectivity index (χ3v) is 1.83. The lowest BCUT2D eigenvalue weighted by Crippen LogP contribution is -1.93. The minimum Gasteiger partial charge on any atom is -0.303 e. The maximum Gasteiger partial charge on any atom is 0.121 e. The molecule has 7 heavy (non-hydrogen) atoms. The lowest BCUT2D eigenvalue weighted by atomic mass is 10.4. The van der Waals surface area contributed by atoms with E-state index < -0.39 is 0 Å². The van der Waals surface area contributed by atoms with E-state index in [1.165, 1.54) is 0 Å². The zero-order chi connectivity index (χ0) is 5.70. The van der Waals surface area contributed by atoms with Crippen LogP contribution in [-0.4, -0.2) is 17.8 Å². The largest absolute Gasteiger partial charge is 0.303 e. The van der Waals surface area contributed by atoms with E-state index in [4.69, 9.17) is 0 Å². The highest BCUT2D eigenvalue weighted by Gasteiger charge is 1.93. The third-order valence-electron chi connectivity index (χ3n) is 0.831. The van der Waals surface area contributed by atoms with E-state index in [0.717, 1.165) is 6.29 Å². The Kier molecular flexibility index (Phi) is 4.20. The molecule has 1 nitrogen and oxygen atoms in total. The summed E-state index contributed by atoms with van der Waals surface area (Å²) in [6, 6.07) is 0. The van der Waals surface area contributed by atoms with Crippen LogP contribution in [0.5, 0.6) is 0 Å². The normalized spacial score (nSPS) is 13.4.